The number of Topliss-reactive ketones (excluding diaryl/α,β-unsaturated/α-hetero) is 1. The normalized spacial score (nSPS) is 26.0. The van der Waals surface area contributed by atoms with Crippen molar-refractivity contribution >= 4 is 5.78 Å². The van der Waals surface area contributed by atoms with Crippen molar-refractivity contribution in [3.05, 3.63) is 0 Å². The van der Waals surface area contributed by atoms with Crippen LogP contribution < -0.4 is 0 Å². The summed E-state index contributed by atoms with van der Waals surface area (Å²) in [5.41, 5.74) is -0.289. The molecule has 0 aromatic rings. The molecule has 0 bridgehead atoms. The molecule has 0 amide bonds. The van der Waals surface area contributed by atoms with Crippen LogP contribution in [0.25, 0.3) is 0 Å². The van der Waals surface area contributed by atoms with Crippen LogP contribution in [0.1, 0.15) is 27.7 Å². The van der Waals surface area contributed by atoms with Gasteiger partial charge in [0.2, 0.25) is 0 Å². The largest absolute Gasteiger partial charge is 0.394 e. The molecule has 0 aromatic heterocycles. The highest BCUT2D eigenvalue weighted by Gasteiger charge is 2.33. The molecule has 0 aromatic carbocycles. The van der Waals surface area contributed by atoms with Crippen LogP contribution in [-0.2, 0) is 9.53 Å². The number of aliphatic hydroxyl groups is 1. The quantitative estimate of drug-likeness (QED) is 0.770. The molecule has 0 radical (unpaired) electrons. The Hall–Kier alpha value is -0.450. The first-order chi connectivity index (χ1) is 7.34. The molecule has 4 nitrogen and oxygen atoms in total. The SMILES string of the molecule is CC(C)C(=O)CN1CC(CO)OC(C)(C)C1. The van der Waals surface area contributed by atoms with Crippen molar-refractivity contribution in [2.75, 3.05) is 26.2 Å². The third-order valence-electron chi connectivity index (χ3n) is 2.78. The average molecular weight is 229 g/mol. The molecule has 0 saturated carbocycles. The van der Waals surface area contributed by atoms with Crippen LogP contribution in [0.2, 0.25) is 0 Å². The summed E-state index contributed by atoms with van der Waals surface area (Å²) in [6.07, 6.45) is -0.177. The first-order valence-corrected chi connectivity index (χ1v) is 5.88. The van der Waals surface area contributed by atoms with Gasteiger partial charge in [0.15, 0.2) is 0 Å². The second-order valence-electron chi connectivity index (χ2n) is 5.47. The molecular weight excluding hydrogens is 206 g/mol. The second kappa shape index (κ2) is 5.25. The van der Waals surface area contributed by atoms with Gasteiger partial charge in [-0.05, 0) is 13.8 Å². The Bertz CT molecular complexity index is 251. The zero-order valence-corrected chi connectivity index (χ0v) is 10.7. The summed E-state index contributed by atoms with van der Waals surface area (Å²) in [7, 11) is 0. The molecular formula is C12H23NO3. The number of hydrogen-bond acceptors (Lipinski definition) is 4. The molecule has 94 valence electrons. The smallest absolute Gasteiger partial charge is 0.149 e. The van der Waals surface area contributed by atoms with Crippen molar-refractivity contribution in [2.24, 2.45) is 5.92 Å². The molecule has 1 unspecified atom stereocenters. The Morgan fingerprint density at radius 2 is 2.19 bits per heavy atom. The van der Waals surface area contributed by atoms with Gasteiger partial charge in [-0.3, -0.25) is 9.69 Å². The van der Waals surface area contributed by atoms with Crippen molar-refractivity contribution in [1.29, 1.82) is 0 Å². The molecule has 4 heteroatoms. The number of rotatable bonds is 4. The second-order valence-corrected chi connectivity index (χ2v) is 5.47. The molecule has 16 heavy (non-hydrogen) atoms. The van der Waals surface area contributed by atoms with Gasteiger partial charge in [-0.15, -0.1) is 0 Å². The number of morpholine rings is 1. The van der Waals surface area contributed by atoms with Gasteiger partial charge in [0.25, 0.3) is 0 Å². The zero-order chi connectivity index (χ0) is 12.3. The summed E-state index contributed by atoms with van der Waals surface area (Å²) in [6.45, 7) is 9.65. The maximum Gasteiger partial charge on any atom is 0.149 e. The Morgan fingerprint density at radius 3 is 2.69 bits per heavy atom. The number of carbonyl (C=O) groups is 1. The van der Waals surface area contributed by atoms with Crippen molar-refractivity contribution in [3.63, 3.8) is 0 Å². The van der Waals surface area contributed by atoms with Crippen molar-refractivity contribution in [2.45, 2.75) is 39.4 Å². The number of aliphatic hydroxyl groups excluding tert-OH is 1. The Morgan fingerprint density at radius 1 is 1.56 bits per heavy atom. The number of ether oxygens (including phenoxy) is 1. The molecule has 1 rings (SSSR count). The van der Waals surface area contributed by atoms with Gasteiger partial charge in [-0.2, -0.15) is 0 Å². The van der Waals surface area contributed by atoms with Crippen LogP contribution in [0.3, 0.4) is 0 Å². The van der Waals surface area contributed by atoms with Crippen LogP contribution >= 0.6 is 0 Å². The highest BCUT2D eigenvalue weighted by atomic mass is 16.5. The van der Waals surface area contributed by atoms with Gasteiger partial charge in [0, 0.05) is 19.0 Å². The fraction of sp³-hybridized carbons (Fsp3) is 0.917. The lowest BCUT2D eigenvalue weighted by atomic mass is 10.0. The van der Waals surface area contributed by atoms with E-state index >= 15 is 0 Å². The summed E-state index contributed by atoms with van der Waals surface area (Å²) in [4.78, 5) is 13.7. The van der Waals surface area contributed by atoms with E-state index < -0.39 is 0 Å². The van der Waals surface area contributed by atoms with E-state index in [0.29, 0.717) is 13.1 Å². The van der Waals surface area contributed by atoms with Gasteiger partial charge in [-0.25, -0.2) is 0 Å². The van der Waals surface area contributed by atoms with E-state index in [4.69, 9.17) is 9.84 Å². The van der Waals surface area contributed by atoms with E-state index in [0.717, 1.165) is 6.54 Å². The predicted molar refractivity (Wildman–Crippen MR) is 62.3 cm³/mol. The van der Waals surface area contributed by atoms with Crippen LogP contribution in [0, 0.1) is 5.92 Å². The maximum atomic E-state index is 11.7. The number of hydrogen-bond donors (Lipinski definition) is 1. The zero-order valence-electron chi connectivity index (χ0n) is 10.7. The van der Waals surface area contributed by atoms with E-state index in [1.807, 2.05) is 27.7 Å². The molecule has 0 spiro atoms. The number of ketones is 1. The van der Waals surface area contributed by atoms with Crippen LogP contribution in [0.15, 0.2) is 0 Å². The third-order valence-corrected chi connectivity index (χ3v) is 2.78. The summed E-state index contributed by atoms with van der Waals surface area (Å²) < 4.78 is 5.69. The summed E-state index contributed by atoms with van der Waals surface area (Å²) in [6, 6.07) is 0. The number of nitrogens with zero attached hydrogens (tertiary/aromatic N) is 1. The minimum Gasteiger partial charge on any atom is -0.394 e. The Labute approximate surface area is 97.6 Å². The molecule has 1 fully saturated rings. The van der Waals surface area contributed by atoms with Crippen LogP contribution in [0.4, 0.5) is 0 Å². The van der Waals surface area contributed by atoms with Gasteiger partial charge in [0.05, 0.1) is 24.9 Å². The van der Waals surface area contributed by atoms with Crippen molar-refractivity contribution in [3.8, 4) is 0 Å². The van der Waals surface area contributed by atoms with Crippen molar-refractivity contribution in [1.82, 2.24) is 4.90 Å². The first kappa shape index (κ1) is 13.6. The maximum absolute atomic E-state index is 11.7. The Kier molecular flexibility index (Phi) is 4.47. The third kappa shape index (κ3) is 3.85. The Balaban J connectivity index is 2.56. The lowest BCUT2D eigenvalue weighted by Gasteiger charge is -2.42. The summed E-state index contributed by atoms with van der Waals surface area (Å²) >= 11 is 0. The van der Waals surface area contributed by atoms with E-state index in [1.165, 1.54) is 0 Å². The summed E-state index contributed by atoms with van der Waals surface area (Å²) in [5.74, 6) is 0.313. The average Bonchev–Trinajstić information content (AvgIpc) is 2.14. The monoisotopic (exact) mass is 229 g/mol. The topological polar surface area (TPSA) is 49.8 Å². The lowest BCUT2D eigenvalue weighted by Crippen LogP contribution is -2.55. The lowest BCUT2D eigenvalue weighted by molar-refractivity contribution is -0.153. The minimum atomic E-state index is -0.289. The summed E-state index contributed by atoms with van der Waals surface area (Å²) in [5, 5.41) is 9.15. The van der Waals surface area contributed by atoms with Crippen LogP contribution in [-0.4, -0.2) is 53.7 Å². The van der Waals surface area contributed by atoms with Gasteiger partial charge >= 0.3 is 0 Å². The van der Waals surface area contributed by atoms with E-state index in [2.05, 4.69) is 4.90 Å². The van der Waals surface area contributed by atoms with Crippen LogP contribution in [0.5, 0.6) is 0 Å². The molecule has 1 saturated heterocycles. The van der Waals surface area contributed by atoms with E-state index in [9.17, 15) is 4.79 Å². The highest BCUT2D eigenvalue weighted by Crippen LogP contribution is 2.20. The van der Waals surface area contributed by atoms with E-state index in [-0.39, 0.29) is 30.0 Å². The molecule has 1 aliphatic heterocycles. The van der Waals surface area contributed by atoms with Gasteiger partial charge in [-0.1, -0.05) is 13.8 Å². The molecule has 1 heterocycles. The van der Waals surface area contributed by atoms with Gasteiger partial charge < -0.3 is 9.84 Å². The first-order valence-electron chi connectivity index (χ1n) is 5.88. The standard InChI is InChI=1S/C12H23NO3/c1-9(2)11(15)6-13-5-10(7-14)16-12(3,4)8-13/h9-10,14H,5-8H2,1-4H3. The van der Waals surface area contributed by atoms with E-state index in [1.54, 1.807) is 0 Å². The van der Waals surface area contributed by atoms with Crippen molar-refractivity contribution < 1.29 is 14.6 Å². The molecule has 0 aliphatic carbocycles. The fourth-order valence-electron chi connectivity index (χ4n) is 2.04. The molecule has 1 aliphatic rings. The van der Waals surface area contributed by atoms with Gasteiger partial charge in [0.1, 0.15) is 5.78 Å². The molecule has 1 N–H and O–H groups in total. The number of carbonyl (C=O) groups excluding carboxylic acids is 1. The predicted octanol–water partition coefficient (Wildman–Crippen LogP) is 0.683. The fourth-order valence-corrected chi connectivity index (χ4v) is 2.04. The minimum absolute atomic E-state index is 0.00972. The molecule has 1 atom stereocenters. The highest BCUT2D eigenvalue weighted by molar-refractivity contribution is 5.82.